The second-order valence-electron chi connectivity index (χ2n) is 7.14. The lowest BCUT2D eigenvalue weighted by Crippen LogP contribution is -2.45. The zero-order valence-electron chi connectivity index (χ0n) is 15.0. The number of hydrogen-bond acceptors (Lipinski definition) is 5. The van der Waals surface area contributed by atoms with Crippen LogP contribution in [0.15, 0.2) is 0 Å². The largest absolute Gasteiger partial charge is 0.483 e. The van der Waals surface area contributed by atoms with E-state index in [-0.39, 0.29) is 12.6 Å². The summed E-state index contributed by atoms with van der Waals surface area (Å²) in [5.74, 6) is 1.24. The van der Waals surface area contributed by atoms with Crippen molar-refractivity contribution >= 4 is 12.4 Å². The molecule has 0 aromatic rings. The molecule has 1 amide bonds. The molecule has 7 heteroatoms. The molecule has 1 unspecified atom stereocenters. The van der Waals surface area contributed by atoms with E-state index in [0.717, 1.165) is 58.8 Å². The summed E-state index contributed by atoms with van der Waals surface area (Å²) in [5, 5.41) is 10.1. The first-order valence-electron chi connectivity index (χ1n) is 9.50. The van der Waals surface area contributed by atoms with Gasteiger partial charge < -0.3 is 24.8 Å². The number of hydrogen-bond donors (Lipinski definition) is 2. The molecule has 0 spiro atoms. The van der Waals surface area contributed by atoms with Crippen molar-refractivity contribution in [2.45, 2.75) is 44.6 Å². The molecule has 1 saturated carbocycles. The van der Waals surface area contributed by atoms with Gasteiger partial charge in [0.15, 0.2) is 0 Å². The van der Waals surface area contributed by atoms with Crippen LogP contribution in [-0.2, 0) is 19.1 Å². The zero-order chi connectivity index (χ0) is 17.9. The van der Waals surface area contributed by atoms with E-state index in [1.807, 2.05) is 0 Å². The maximum Gasteiger partial charge on any atom is 0.290 e. The van der Waals surface area contributed by atoms with Crippen molar-refractivity contribution in [3.63, 3.8) is 0 Å². The first-order valence-corrected chi connectivity index (χ1v) is 9.50. The average Bonchev–Trinajstić information content (AvgIpc) is 3.17. The van der Waals surface area contributed by atoms with Crippen LogP contribution >= 0.6 is 0 Å². The summed E-state index contributed by atoms with van der Waals surface area (Å²) in [7, 11) is 0. The highest BCUT2D eigenvalue weighted by molar-refractivity contribution is 5.78. The van der Waals surface area contributed by atoms with Crippen molar-refractivity contribution in [2.75, 3.05) is 46.0 Å². The van der Waals surface area contributed by atoms with Crippen LogP contribution in [0.1, 0.15) is 38.5 Å². The SMILES string of the molecule is O=C(NCC1CCN(CC2COCCO2)CC1)C1CCCC1.O=CO. The van der Waals surface area contributed by atoms with Gasteiger partial charge in [-0.05, 0) is 44.7 Å². The molecule has 0 aromatic heterocycles. The van der Waals surface area contributed by atoms with Gasteiger partial charge in [0.05, 0.1) is 25.9 Å². The molecule has 1 aliphatic carbocycles. The lowest BCUT2D eigenvalue weighted by molar-refractivity contribution is -0.125. The summed E-state index contributed by atoms with van der Waals surface area (Å²) in [4.78, 5) is 22.9. The van der Waals surface area contributed by atoms with Crippen molar-refractivity contribution in [1.29, 1.82) is 0 Å². The van der Waals surface area contributed by atoms with Gasteiger partial charge in [-0.1, -0.05) is 12.8 Å². The minimum atomic E-state index is -0.250. The van der Waals surface area contributed by atoms with Gasteiger partial charge in [0, 0.05) is 19.0 Å². The standard InChI is InChI=1S/C17H30N2O3.CH2O2/c20-17(15-3-1-2-4-15)18-11-14-5-7-19(8-6-14)12-16-13-21-9-10-22-16;2-1-3/h14-16H,1-13H2,(H,18,20);1H,(H,2,3). The molecule has 7 nitrogen and oxygen atoms in total. The van der Waals surface area contributed by atoms with Crippen LogP contribution in [0, 0.1) is 11.8 Å². The van der Waals surface area contributed by atoms with Crippen molar-refractivity contribution in [3.8, 4) is 0 Å². The summed E-state index contributed by atoms with van der Waals surface area (Å²) in [6.07, 6.45) is 7.23. The fourth-order valence-corrected chi connectivity index (χ4v) is 3.88. The van der Waals surface area contributed by atoms with Gasteiger partial charge in [-0.15, -0.1) is 0 Å². The predicted octanol–water partition coefficient (Wildman–Crippen LogP) is 1.12. The van der Waals surface area contributed by atoms with Gasteiger partial charge in [-0.3, -0.25) is 9.59 Å². The third-order valence-corrected chi connectivity index (χ3v) is 5.34. The number of carbonyl (C=O) groups excluding carboxylic acids is 1. The maximum absolute atomic E-state index is 12.1. The number of piperidine rings is 1. The highest BCUT2D eigenvalue weighted by Gasteiger charge is 2.26. The smallest absolute Gasteiger partial charge is 0.290 e. The summed E-state index contributed by atoms with van der Waals surface area (Å²) in [5.41, 5.74) is 0. The third kappa shape index (κ3) is 7.30. The van der Waals surface area contributed by atoms with Crippen LogP contribution < -0.4 is 5.32 Å². The van der Waals surface area contributed by atoms with E-state index in [1.165, 1.54) is 25.7 Å². The van der Waals surface area contributed by atoms with Crippen molar-refractivity contribution in [1.82, 2.24) is 10.2 Å². The van der Waals surface area contributed by atoms with E-state index >= 15 is 0 Å². The quantitative estimate of drug-likeness (QED) is 0.718. The Balaban J connectivity index is 0.000000701. The number of nitrogens with zero attached hydrogens (tertiary/aromatic N) is 1. The van der Waals surface area contributed by atoms with Gasteiger partial charge in [0.1, 0.15) is 0 Å². The number of rotatable bonds is 5. The molecule has 2 aliphatic heterocycles. The summed E-state index contributed by atoms with van der Waals surface area (Å²) < 4.78 is 11.2. The fourth-order valence-electron chi connectivity index (χ4n) is 3.88. The Labute approximate surface area is 150 Å². The molecule has 3 fully saturated rings. The molecule has 2 heterocycles. The highest BCUT2D eigenvalue weighted by Crippen LogP contribution is 2.25. The number of carbonyl (C=O) groups is 2. The molecular formula is C18H32N2O5. The fraction of sp³-hybridized carbons (Fsp3) is 0.889. The van der Waals surface area contributed by atoms with E-state index in [2.05, 4.69) is 10.2 Å². The molecule has 25 heavy (non-hydrogen) atoms. The molecule has 0 bridgehead atoms. The van der Waals surface area contributed by atoms with E-state index in [1.54, 1.807) is 0 Å². The van der Waals surface area contributed by atoms with Crippen LogP contribution in [0.2, 0.25) is 0 Å². The number of likely N-dealkylation sites (tertiary alicyclic amines) is 1. The Morgan fingerprint density at radius 2 is 1.84 bits per heavy atom. The Hall–Kier alpha value is -1.18. The van der Waals surface area contributed by atoms with Gasteiger partial charge in [0.2, 0.25) is 5.91 Å². The monoisotopic (exact) mass is 356 g/mol. The molecule has 1 atom stereocenters. The predicted molar refractivity (Wildman–Crippen MR) is 93.4 cm³/mol. The second kappa shape index (κ2) is 11.4. The maximum atomic E-state index is 12.1. The van der Waals surface area contributed by atoms with Crippen LogP contribution in [0.5, 0.6) is 0 Å². The number of nitrogens with one attached hydrogen (secondary N) is 1. The van der Waals surface area contributed by atoms with Gasteiger partial charge in [-0.25, -0.2) is 0 Å². The lowest BCUT2D eigenvalue weighted by Gasteiger charge is -2.35. The van der Waals surface area contributed by atoms with E-state index < -0.39 is 0 Å². The second-order valence-corrected chi connectivity index (χ2v) is 7.14. The number of amides is 1. The van der Waals surface area contributed by atoms with Crippen LogP contribution in [0.3, 0.4) is 0 Å². The normalized spacial score (nSPS) is 25.8. The first kappa shape index (κ1) is 20.1. The third-order valence-electron chi connectivity index (χ3n) is 5.34. The summed E-state index contributed by atoms with van der Waals surface area (Å²) in [6.45, 7) is 6.03. The number of ether oxygens (including phenoxy) is 2. The first-order chi connectivity index (χ1) is 12.2. The average molecular weight is 356 g/mol. The van der Waals surface area contributed by atoms with E-state index in [0.29, 0.717) is 17.7 Å². The van der Waals surface area contributed by atoms with Crippen LogP contribution in [0.25, 0.3) is 0 Å². The molecule has 3 aliphatic rings. The Bertz CT molecular complexity index is 387. The molecule has 2 N–H and O–H groups in total. The number of carboxylic acid groups (broad SMARTS) is 1. The van der Waals surface area contributed by atoms with E-state index in [4.69, 9.17) is 19.4 Å². The lowest BCUT2D eigenvalue weighted by atomic mass is 9.96. The van der Waals surface area contributed by atoms with Crippen molar-refractivity contribution in [2.24, 2.45) is 11.8 Å². The molecule has 0 aromatic carbocycles. The Morgan fingerprint density at radius 1 is 1.16 bits per heavy atom. The molecule has 144 valence electrons. The van der Waals surface area contributed by atoms with E-state index in [9.17, 15) is 4.79 Å². The summed E-state index contributed by atoms with van der Waals surface area (Å²) >= 11 is 0. The molecule has 0 radical (unpaired) electrons. The van der Waals surface area contributed by atoms with Crippen molar-refractivity contribution < 1.29 is 24.2 Å². The topological polar surface area (TPSA) is 88.1 Å². The molecule has 2 saturated heterocycles. The van der Waals surface area contributed by atoms with Crippen LogP contribution in [-0.4, -0.2) is 74.5 Å². The highest BCUT2D eigenvalue weighted by atomic mass is 16.6. The Morgan fingerprint density at radius 3 is 2.44 bits per heavy atom. The van der Waals surface area contributed by atoms with Gasteiger partial charge in [-0.2, -0.15) is 0 Å². The summed E-state index contributed by atoms with van der Waals surface area (Å²) in [6, 6.07) is 0. The minimum absolute atomic E-state index is 0.243. The Kier molecular flexibility index (Phi) is 9.21. The van der Waals surface area contributed by atoms with Gasteiger partial charge >= 0.3 is 0 Å². The molecule has 3 rings (SSSR count). The van der Waals surface area contributed by atoms with Crippen molar-refractivity contribution in [3.05, 3.63) is 0 Å². The van der Waals surface area contributed by atoms with Crippen LogP contribution in [0.4, 0.5) is 0 Å². The zero-order valence-corrected chi connectivity index (χ0v) is 15.0. The molecular weight excluding hydrogens is 324 g/mol. The van der Waals surface area contributed by atoms with Gasteiger partial charge in [0.25, 0.3) is 6.47 Å². The minimum Gasteiger partial charge on any atom is -0.483 e.